The molecular weight excluding hydrogens is 272 g/mol. The van der Waals surface area contributed by atoms with Crippen molar-refractivity contribution in [3.8, 4) is 5.75 Å². The van der Waals surface area contributed by atoms with Gasteiger partial charge in [0, 0.05) is 0 Å². The van der Waals surface area contributed by atoms with Crippen molar-refractivity contribution < 1.29 is 9.53 Å². The van der Waals surface area contributed by atoms with Crippen LogP contribution in [0.3, 0.4) is 0 Å². The second-order valence-electron chi connectivity index (χ2n) is 5.79. The molecule has 0 saturated heterocycles. The standard InChI is InChI=1S/C20H16O2/c21-20(19-13-18(19)15-7-2-1-3-8-15)22-17-11-10-14-6-4-5-9-16(14)12-17/h1-12,18-19H,13H2. The van der Waals surface area contributed by atoms with E-state index >= 15 is 0 Å². The molecular formula is C20H16O2. The third-order valence-corrected chi connectivity index (χ3v) is 4.26. The number of ether oxygens (including phenoxy) is 1. The Hall–Kier alpha value is -2.61. The average Bonchev–Trinajstić information content (AvgIpc) is 3.36. The second kappa shape index (κ2) is 5.30. The highest BCUT2D eigenvalue weighted by Crippen LogP contribution is 2.48. The molecule has 1 fully saturated rings. The third kappa shape index (κ3) is 2.48. The van der Waals surface area contributed by atoms with Crippen LogP contribution >= 0.6 is 0 Å². The molecule has 2 nitrogen and oxygen atoms in total. The largest absolute Gasteiger partial charge is 0.426 e. The molecule has 0 aliphatic heterocycles. The fourth-order valence-corrected chi connectivity index (χ4v) is 2.95. The van der Waals surface area contributed by atoms with Gasteiger partial charge in [0.25, 0.3) is 0 Å². The molecule has 0 spiro atoms. The monoisotopic (exact) mass is 288 g/mol. The Kier molecular flexibility index (Phi) is 3.15. The molecule has 22 heavy (non-hydrogen) atoms. The van der Waals surface area contributed by atoms with Crippen LogP contribution in [0.4, 0.5) is 0 Å². The molecule has 1 aliphatic rings. The number of benzene rings is 3. The molecule has 2 heteroatoms. The maximum absolute atomic E-state index is 12.3. The zero-order chi connectivity index (χ0) is 14.9. The molecule has 1 aliphatic carbocycles. The quantitative estimate of drug-likeness (QED) is 0.522. The first kappa shape index (κ1) is 13.1. The van der Waals surface area contributed by atoms with Crippen LogP contribution in [0.1, 0.15) is 17.9 Å². The number of carbonyl (C=O) groups is 1. The van der Waals surface area contributed by atoms with Crippen LogP contribution in [0.15, 0.2) is 72.8 Å². The van der Waals surface area contributed by atoms with Crippen molar-refractivity contribution in [1.29, 1.82) is 0 Å². The van der Waals surface area contributed by atoms with Crippen LogP contribution in [0, 0.1) is 5.92 Å². The van der Waals surface area contributed by atoms with Gasteiger partial charge in [-0.3, -0.25) is 4.79 Å². The third-order valence-electron chi connectivity index (χ3n) is 4.26. The molecule has 1 saturated carbocycles. The minimum absolute atomic E-state index is 0.00568. The van der Waals surface area contributed by atoms with Gasteiger partial charge in [-0.15, -0.1) is 0 Å². The van der Waals surface area contributed by atoms with Gasteiger partial charge in [-0.05, 0) is 40.8 Å². The lowest BCUT2D eigenvalue weighted by Gasteiger charge is -2.05. The first-order valence-corrected chi connectivity index (χ1v) is 7.57. The van der Waals surface area contributed by atoms with E-state index in [1.807, 2.05) is 60.7 Å². The smallest absolute Gasteiger partial charge is 0.314 e. The number of fused-ring (bicyclic) bond motifs is 1. The Bertz CT molecular complexity index is 823. The zero-order valence-corrected chi connectivity index (χ0v) is 12.1. The summed E-state index contributed by atoms with van der Waals surface area (Å²) < 4.78 is 5.56. The summed E-state index contributed by atoms with van der Waals surface area (Å²) in [7, 11) is 0. The van der Waals surface area contributed by atoms with Crippen LogP contribution < -0.4 is 4.74 Å². The van der Waals surface area contributed by atoms with Gasteiger partial charge in [-0.25, -0.2) is 0 Å². The predicted octanol–water partition coefficient (Wildman–Crippen LogP) is 4.55. The van der Waals surface area contributed by atoms with Crippen LogP contribution in [-0.4, -0.2) is 5.97 Å². The second-order valence-corrected chi connectivity index (χ2v) is 5.79. The summed E-state index contributed by atoms with van der Waals surface area (Å²) in [6.07, 6.45) is 0.885. The summed E-state index contributed by atoms with van der Waals surface area (Å²) in [5.41, 5.74) is 1.22. The normalized spacial score (nSPS) is 19.8. The summed E-state index contributed by atoms with van der Waals surface area (Å²) >= 11 is 0. The molecule has 0 N–H and O–H groups in total. The number of rotatable bonds is 3. The van der Waals surface area contributed by atoms with E-state index in [1.54, 1.807) is 0 Å². The minimum atomic E-state index is -0.121. The lowest BCUT2D eigenvalue weighted by molar-refractivity contribution is -0.135. The minimum Gasteiger partial charge on any atom is -0.426 e. The topological polar surface area (TPSA) is 26.3 Å². The van der Waals surface area contributed by atoms with E-state index in [0.717, 1.165) is 17.2 Å². The van der Waals surface area contributed by atoms with Crippen molar-refractivity contribution in [1.82, 2.24) is 0 Å². The fourth-order valence-electron chi connectivity index (χ4n) is 2.95. The summed E-state index contributed by atoms with van der Waals surface area (Å²) in [6.45, 7) is 0. The Morgan fingerprint density at radius 3 is 2.41 bits per heavy atom. The average molecular weight is 288 g/mol. The van der Waals surface area contributed by atoms with Crippen molar-refractivity contribution in [2.45, 2.75) is 12.3 Å². The van der Waals surface area contributed by atoms with Gasteiger partial charge in [0.05, 0.1) is 5.92 Å². The van der Waals surface area contributed by atoms with Crippen molar-refractivity contribution in [3.05, 3.63) is 78.4 Å². The van der Waals surface area contributed by atoms with E-state index < -0.39 is 0 Å². The van der Waals surface area contributed by atoms with Crippen molar-refractivity contribution in [3.63, 3.8) is 0 Å². The first-order chi connectivity index (χ1) is 10.8. The van der Waals surface area contributed by atoms with Gasteiger partial charge in [0.2, 0.25) is 0 Å². The van der Waals surface area contributed by atoms with Gasteiger partial charge in [-0.1, -0.05) is 60.7 Å². The highest BCUT2D eigenvalue weighted by molar-refractivity contribution is 5.85. The summed E-state index contributed by atoms with van der Waals surface area (Å²) in [5, 5.41) is 2.24. The Labute approximate surface area is 129 Å². The number of carbonyl (C=O) groups excluding carboxylic acids is 1. The Balaban J connectivity index is 1.48. The maximum atomic E-state index is 12.3. The summed E-state index contributed by atoms with van der Waals surface area (Å²) in [6, 6.07) is 24.0. The summed E-state index contributed by atoms with van der Waals surface area (Å²) in [5.74, 6) is 0.814. The highest BCUT2D eigenvalue weighted by atomic mass is 16.5. The van der Waals surface area contributed by atoms with Crippen LogP contribution in [-0.2, 0) is 4.79 Å². The lowest BCUT2D eigenvalue weighted by atomic mass is 10.1. The molecule has 108 valence electrons. The SMILES string of the molecule is O=C(Oc1ccc2ccccc2c1)C1CC1c1ccccc1. The van der Waals surface area contributed by atoms with Crippen LogP contribution in [0.25, 0.3) is 10.8 Å². The van der Waals surface area contributed by atoms with E-state index in [9.17, 15) is 4.79 Å². The van der Waals surface area contributed by atoms with E-state index in [1.165, 1.54) is 5.56 Å². The van der Waals surface area contributed by atoms with Gasteiger partial charge in [0.1, 0.15) is 5.75 Å². The Morgan fingerprint density at radius 2 is 1.59 bits per heavy atom. The number of esters is 1. The fraction of sp³-hybridized carbons (Fsp3) is 0.150. The first-order valence-electron chi connectivity index (χ1n) is 7.57. The lowest BCUT2D eigenvalue weighted by Crippen LogP contribution is -2.11. The number of hydrogen-bond acceptors (Lipinski definition) is 2. The maximum Gasteiger partial charge on any atom is 0.314 e. The van der Waals surface area contributed by atoms with Crippen molar-refractivity contribution in [2.24, 2.45) is 5.92 Å². The molecule has 0 heterocycles. The molecule has 0 aromatic heterocycles. The molecule has 2 atom stereocenters. The highest BCUT2D eigenvalue weighted by Gasteiger charge is 2.45. The Morgan fingerprint density at radius 1 is 0.864 bits per heavy atom. The molecule has 0 bridgehead atoms. The summed E-state index contributed by atoms with van der Waals surface area (Å²) in [4.78, 5) is 12.3. The van der Waals surface area contributed by atoms with E-state index in [4.69, 9.17) is 4.74 Å². The zero-order valence-electron chi connectivity index (χ0n) is 12.1. The van der Waals surface area contributed by atoms with Crippen molar-refractivity contribution in [2.75, 3.05) is 0 Å². The predicted molar refractivity (Wildman–Crippen MR) is 86.9 cm³/mol. The van der Waals surface area contributed by atoms with Gasteiger partial charge < -0.3 is 4.74 Å². The molecule has 4 rings (SSSR count). The molecule has 2 unspecified atom stereocenters. The molecule has 0 radical (unpaired) electrons. The van der Waals surface area contributed by atoms with E-state index in [0.29, 0.717) is 11.7 Å². The van der Waals surface area contributed by atoms with Crippen LogP contribution in [0.2, 0.25) is 0 Å². The van der Waals surface area contributed by atoms with Crippen LogP contribution in [0.5, 0.6) is 5.75 Å². The van der Waals surface area contributed by atoms with E-state index in [2.05, 4.69) is 12.1 Å². The van der Waals surface area contributed by atoms with Gasteiger partial charge in [-0.2, -0.15) is 0 Å². The van der Waals surface area contributed by atoms with Gasteiger partial charge >= 0.3 is 5.97 Å². The molecule has 0 amide bonds. The van der Waals surface area contributed by atoms with Crippen molar-refractivity contribution >= 4 is 16.7 Å². The van der Waals surface area contributed by atoms with E-state index in [-0.39, 0.29) is 11.9 Å². The van der Waals surface area contributed by atoms with Gasteiger partial charge in [0.15, 0.2) is 0 Å². The number of hydrogen-bond donors (Lipinski definition) is 0. The molecule has 3 aromatic rings. The molecule has 3 aromatic carbocycles.